The predicted octanol–water partition coefficient (Wildman–Crippen LogP) is 4.98. The van der Waals surface area contributed by atoms with Crippen molar-refractivity contribution in [3.8, 4) is 11.1 Å². The topological polar surface area (TPSA) is 66.8 Å². The van der Waals surface area contributed by atoms with E-state index < -0.39 is 5.97 Å². The van der Waals surface area contributed by atoms with Crippen LogP contribution in [-0.2, 0) is 9.53 Å². The number of piperidine rings is 1. The number of carbonyl (C=O) groups is 2. The SMILES string of the molecule is O=C(O)c1ccc(-c2ccc([C@H]3CC34CCN(C(=O)[C@H]3CCCO3)CC4)cc2Cl)cc1. The van der Waals surface area contributed by atoms with Gasteiger partial charge in [-0.1, -0.05) is 35.9 Å². The smallest absolute Gasteiger partial charge is 0.335 e. The molecule has 2 aromatic rings. The Hall–Kier alpha value is -2.37. The number of aromatic carboxylic acids is 1. The van der Waals surface area contributed by atoms with Crippen molar-refractivity contribution < 1.29 is 19.4 Å². The summed E-state index contributed by atoms with van der Waals surface area (Å²) in [5.74, 6) is -0.269. The summed E-state index contributed by atoms with van der Waals surface area (Å²) < 4.78 is 5.57. The van der Waals surface area contributed by atoms with Gasteiger partial charge < -0.3 is 14.7 Å². The standard InChI is InChI=1S/C25H26ClNO4/c26-21-14-18(7-8-19(21)16-3-5-17(6-4-16)24(29)30)20-15-25(20)9-11-27(12-10-25)23(28)22-2-1-13-31-22/h3-8,14,20,22H,1-2,9-13,15H2,(H,29,30)/t20-,22-/m1/s1. The fraction of sp³-hybridized carbons (Fsp3) is 0.440. The van der Waals surface area contributed by atoms with Crippen LogP contribution in [0.2, 0.25) is 5.02 Å². The maximum Gasteiger partial charge on any atom is 0.335 e. The average molecular weight is 440 g/mol. The molecular formula is C25H26ClNO4. The predicted molar refractivity (Wildman–Crippen MR) is 118 cm³/mol. The van der Waals surface area contributed by atoms with E-state index in [-0.39, 0.29) is 17.6 Å². The molecule has 2 heterocycles. The summed E-state index contributed by atoms with van der Waals surface area (Å²) >= 11 is 6.62. The number of nitrogens with zero attached hydrogens (tertiary/aromatic N) is 1. The molecule has 3 aliphatic rings. The third-order valence-electron chi connectivity index (χ3n) is 7.30. The van der Waals surface area contributed by atoms with Crippen molar-refractivity contribution in [2.75, 3.05) is 19.7 Å². The number of hydrogen-bond acceptors (Lipinski definition) is 3. The van der Waals surface area contributed by atoms with Crippen LogP contribution in [0.4, 0.5) is 0 Å². The van der Waals surface area contributed by atoms with E-state index in [9.17, 15) is 9.59 Å². The molecule has 3 fully saturated rings. The van der Waals surface area contributed by atoms with Crippen molar-refractivity contribution in [2.45, 2.75) is 44.1 Å². The fourth-order valence-corrected chi connectivity index (χ4v) is 5.59. The lowest BCUT2D eigenvalue weighted by molar-refractivity contribution is -0.142. The summed E-state index contributed by atoms with van der Waals surface area (Å²) in [5.41, 5.74) is 3.64. The van der Waals surface area contributed by atoms with Crippen molar-refractivity contribution in [1.82, 2.24) is 4.90 Å². The van der Waals surface area contributed by atoms with Crippen LogP contribution in [0.3, 0.4) is 0 Å². The minimum absolute atomic E-state index is 0.172. The largest absolute Gasteiger partial charge is 0.478 e. The minimum atomic E-state index is -0.935. The van der Waals surface area contributed by atoms with Crippen molar-refractivity contribution in [3.63, 3.8) is 0 Å². The maximum atomic E-state index is 12.6. The first-order valence-corrected chi connectivity index (χ1v) is 11.4. The summed E-state index contributed by atoms with van der Waals surface area (Å²) in [4.78, 5) is 25.7. The minimum Gasteiger partial charge on any atom is -0.478 e. The van der Waals surface area contributed by atoms with Gasteiger partial charge in [-0.25, -0.2) is 4.79 Å². The molecule has 1 N–H and O–H groups in total. The van der Waals surface area contributed by atoms with Crippen LogP contribution in [0, 0.1) is 5.41 Å². The molecule has 0 aromatic heterocycles. The summed E-state index contributed by atoms with van der Waals surface area (Å²) in [7, 11) is 0. The number of halogens is 1. The second kappa shape index (κ2) is 7.95. The highest BCUT2D eigenvalue weighted by molar-refractivity contribution is 6.33. The van der Waals surface area contributed by atoms with Crippen molar-refractivity contribution >= 4 is 23.5 Å². The molecule has 5 nitrogen and oxygen atoms in total. The Labute approximate surface area is 187 Å². The normalized spacial score (nSPS) is 24.4. The van der Waals surface area contributed by atoms with E-state index in [1.807, 2.05) is 11.0 Å². The third kappa shape index (κ3) is 3.85. The number of hydrogen-bond donors (Lipinski definition) is 1. The van der Waals surface area contributed by atoms with Crippen LogP contribution >= 0.6 is 11.6 Å². The van der Waals surface area contributed by atoms with Gasteiger partial charge in [-0.2, -0.15) is 0 Å². The molecule has 0 unspecified atom stereocenters. The highest BCUT2D eigenvalue weighted by atomic mass is 35.5. The zero-order chi connectivity index (χ0) is 21.6. The molecule has 2 saturated heterocycles. The first-order valence-electron chi connectivity index (χ1n) is 11.0. The van der Waals surface area contributed by atoms with E-state index in [0.29, 0.717) is 23.0 Å². The number of carboxylic acids is 1. The van der Waals surface area contributed by atoms with Gasteiger partial charge in [0.25, 0.3) is 5.91 Å². The van der Waals surface area contributed by atoms with Crippen LogP contribution in [0.25, 0.3) is 11.1 Å². The molecule has 2 aliphatic heterocycles. The van der Waals surface area contributed by atoms with Crippen molar-refractivity contribution in [3.05, 3.63) is 58.6 Å². The number of likely N-dealkylation sites (tertiary alicyclic amines) is 1. The summed E-state index contributed by atoms with van der Waals surface area (Å²) in [6, 6.07) is 13.0. The van der Waals surface area contributed by atoms with E-state index in [1.165, 1.54) is 5.56 Å². The van der Waals surface area contributed by atoms with Crippen LogP contribution in [0.15, 0.2) is 42.5 Å². The molecule has 0 radical (unpaired) electrons. The molecular weight excluding hydrogens is 414 g/mol. The second-order valence-corrected chi connectivity index (χ2v) is 9.48. The molecule has 6 heteroatoms. The lowest BCUT2D eigenvalue weighted by Crippen LogP contribution is -2.44. The number of amides is 1. The number of rotatable bonds is 4. The van der Waals surface area contributed by atoms with Crippen LogP contribution < -0.4 is 0 Å². The number of carboxylic acid groups (broad SMARTS) is 1. The summed E-state index contributed by atoms with van der Waals surface area (Å²) in [6.07, 6.45) is 4.83. The van der Waals surface area contributed by atoms with Gasteiger partial charge in [0.1, 0.15) is 6.10 Å². The zero-order valence-corrected chi connectivity index (χ0v) is 18.1. The van der Waals surface area contributed by atoms with Crippen LogP contribution in [-0.4, -0.2) is 47.7 Å². The highest BCUT2D eigenvalue weighted by Gasteiger charge is 2.55. The first-order chi connectivity index (χ1) is 15.0. The molecule has 1 spiro atoms. The van der Waals surface area contributed by atoms with E-state index in [2.05, 4.69) is 12.1 Å². The van der Waals surface area contributed by atoms with Crippen LogP contribution in [0.5, 0.6) is 0 Å². The molecule has 1 amide bonds. The number of ether oxygens (including phenoxy) is 1. The zero-order valence-electron chi connectivity index (χ0n) is 17.4. The third-order valence-corrected chi connectivity index (χ3v) is 7.62. The molecule has 31 heavy (non-hydrogen) atoms. The Morgan fingerprint density at radius 2 is 1.84 bits per heavy atom. The van der Waals surface area contributed by atoms with Gasteiger partial charge in [0.05, 0.1) is 5.56 Å². The molecule has 2 atom stereocenters. The Bertz CT molecular complexity index is 1000. The lowest BCUT2D eigenvalue weighted by Gasteiger charge is -2.34. The summed E-state index contributed by atoms with van der Waals surface area (Å²) in [6.45, 7) is 2.34. The van der Waals surface area contributed by atoms with Crippen molar-refractivity contribution in [1.29, 1.82) is 0 Å². The Morgan fingerprint density at radius 3 is 2.45 bits per heavy atom. The summed E-state index contributed by atoms with van der Waals surface area (Å²) in [5, 5.41) is 9.76. The highest BCUT2D eigenvalue weighted by Crippen LogP contribution is 2.65. The molecule has 2 aromatic carbocycles. The van der Waals surface area contributed by atoms with Gasteiger partial charge in [-0.15, -0.1) is 0 Å². The first kappa shape index (κ1) is 20.5. The Kier molecular flexibility index (Phi) is 5.27. The second-order valence-electron chi connectivity index (χ2n) is 9.07. The maximum absolute atomic E-state index is 12.6. The quantitative estimate of drug-likeness (QED) is 0.729. The fourth-order valence-electron chi connectivity index (χ4n) is 5.29. The molecule has 5 rings (SSSR count). The molecule has 1 saturated carbocycles. The van der Waals surface area contributed by atoms with E-state index in [4.69, 9.17) is 21.4 Å². The number of carbonyl (C=O) groups excluding carboxylic acids is 1. The average Bonchev–Trinajstić information content (AvgIpc) is 3.20. The Morgan fingerprint density at radius 1 is 1.10 bits per heavy atom. The molecule has 162 valence electrons. The van der Waals surface area contributed by atoms with Gasteiger partial charge in [0.15, 0.2) is 0 Å². The van der Waals surface area contributed by atoms with Gasteiger partial charge in [0.2, 0.25) is 0 Å². The lowest BCUT2D eigenvalue weighted by atomic mass is 9.88. The molecule has 1 aliphatic carbocycles. The van der Waals surface area contributed by atoms with E-state index in [1.54, 1.807) is 24.3 Å². The van der Waals surface area contributed by atoms with E-state index in [0.717, 1.165) is 56.3 Å². The Balaban J connectivity index is 1.25. The van der Waals surface area contributed by atoms with Crippen molar-refractivity contribution in [2.24, 2.45) is 5.41 Å². The van der Waals surface area contributed by atoms with E-state index >= 15 is 0 Å². The van der Waals surface area contributed by atoms with Gasteiger partial charge >= 0.3 is 5.97 Å². The van der Waals surface area contributed by atoms with Gasteiger partial charge in [-0.3, -0.25) is 4.79 Å². The number of benzene rings is 2. The van der Waals surface area contributed by atoms with Crippen LogP contribution in [0.1, 0.15) is 53.9 Å². The molecule has 0 bridgehead atoms. The monoisotopic (exact) mass is 439 g/mol. The van der Waals surface area contributed by atoms with Gasteiger partial charge in [-0.05, 0) is 72.8 Å². The van der Waals surface area contributed by atoms with Gasteiger partial charge in [0, 0.05) is 30.3 Å².